The van der Waals surface area contributed by atoms with E-state index >= 15 is 0 Å². The molecular formula is C25H28ClN3O3. The lowest BCUT2D eigenvalue weighted by Crippen LogP contribution is -2.52. The van der Waals surface area contributed by atoms with Gasteiger partial charge in [0.25, 0.3) is 5.91 Å². The maximum Gasteiger partial charge on any atom is 0.266 e. The Hall–Kier alpha value is -2.86. The van der Waals surface area contributed by atoms with E-state index in [2.05, 4.69) is 10.1 Å². The van der Waals surface area contributed by atoms with Crippen molar-refractivity contribution in [3.05, 3.63) is 65.5 Å². The van der Waals surface area contributed by atoms with Gasteiger partial charge in [-0.2, -0.15) is 4.98 Å². The molecule has 4 rings (SSSR count). The molecule has 7 heteroatoms. The average molecular weight is 454 g/mol. The number of benzene rings is 2. The van der Waals surface area contributed by atoms with Gasteiger partial charge in [0.2, 0.25) is 11.7 Å². The van der Waals surface area contributed by atoms with Gasteiger partial charge in [-0.3, -0.25) is 4.79 Å². The molecule has 0 atom stereocenters. The predicted molar refractivity (Wildman–Crippen MR) is 123 cm³/mol. The molecule has 1 heterocycles. The number of carbonyl (C=O) groups excluding carboxylic acids is 1. The lowest BCUT2D eigenvalue weighted by atomic mass is 9.92. The molecule has 0 saturated heterocycles. The first-order valence-corrected chi connectivity index (χ1v) is 11.4. The van der Waals surface area contributed by atoms with Crippen LogP contribution in [0.5, 0.6) is 5.75 Å². The Morgan fingerprint density at radius 2 is 1.78 bits per heavy atom. The normalized spacial score (nSPS) is 14.8. The van der Waals surface area contributed by atoms with Crippen LogP contribution in [0.3, 0.4) is 0 Å². The number of nitrogens with zero attached hydrogens (tertiary/aromatic N) is 3. The molecular weight excluding hydrogens is 426 g/mol. The zero-order valence-electron chi connectivity index (χ0n) is 18.5. The third-order valence-electron chi connectivity index (χ3n) is 5.78. The van der Waals surface area contributed by atoms with Gasteiger partial charge in [0, 0.05) is 16.6 Å². The van der Waals surface area contributed by atoms with Crippen LogP contribution in [0.4, 0.5) is 0 Å². The Bertz CT molecular complexity index is 1030. The Morgan fingerprint density at radius 3 is 2.47 bits per heavy atom. The summed E-state index contributed by atoms with van der Waals surface area (Å²) >= 11 is 5.98. The zero-order valence-corrected chi connectivity index (χ0v) is 19.2. The fraction of sp³-hybridized carbons (Fsp3) is 0.400. The van der Waals surface area contributed by atoms with E-state index < -0.39 is 5.60 Å². The molecule has 0 N–H and O–H groups in total. The monoisotopic (exact) mass is 453 g/mol. The quantitative estimate of drug-likeness (QED) is 0.444. The summed E-state index contributed by atoms with van der Waals surface area (Å²) in [4.78, 5) is 20.1. The summed E-state index contributed by atoms with van der Waals surface area (Å²) in [5.41, 5.74) is -0.183. The fourth-order valence-electron chi connectivity index (χ4n) is 4.12. The first-order chi connectivity index (χ1) is 15.4. The Labute approximate surface area is 193 Å². The largest absolute Gasteiger partial charge is 0.478 e. The van der Waals surface area contributed by atoms with Crippen LogP contribution in [-0.4, -0.2) is 32.6 Å². The van der Waals surface area contributed by atoms with Gasteiger partial charge in [0.15, 0.2) is 5.60 Å². The lowest BCUT2D eigenvalue weighted by Gasteiger charge is -2.38. The molecule has 0 bridgehead atoms. The zero-order chi connectivity index (χ0) is 22.6. The number of ether oxygens (including phenoxy) is 1. The van der Waals surface area contributed by atoms with E-state index in [1.807, 2.05) is 35.2 Å². The van der Waals surface area contributed by atoms with E-state index in [1.165, 1.54) is 6.42 Å². The molecule has 0 unspecified atom stereocenters. The summed E-state index contributed by atoms with van der Waals surface area (Å²) in [5.74, 6) is 1.44. The third-order valence-corrected chi connectivity index (χ3v) is 6.04. The SMILES string of the molecule is CC(C)(Oc1ccc(Cl)cc1)C(=O)N(Cc1nc(-c2ccccc2)no1)C1CCCCC1. The molecule has 2 aromatic carbocycles. The van der Waals surface area contributed by atoms with Crippen molar-refractivity contribution in [1.82, 2.24) is 15.0 Å². The number of hydrogen-bond acceptors (Lipinski definition) is 5. The maximum absolute atomic E-state index is 13.7. The van der Waals surface area contributed by atoms with Crippen LogP contribution in [0.15, 0.2) is 59.1 Å². The van der Waals surface area contributed by atoms with Crippen molar-refractivity contribution in [2.75, 3.05) is 0 Å². The molecule has 0 aliphatic heterocycles. The third kappa shape index (κ3) is 5.30. The van der Waals surface area contributed by atoms with Gasteiger partial charge in [-0.1, -0.05) is 66.4 Å². The van der Waals surface area contributed by atoms with Crippen LogP contribution >= 0.6 is 11.6 Å². The summed E-state index contributed by atoms with van der Waals surface area (Å²) < 4.78 is 11.6. The Kier molecular flexibility index (Phi) is 6.80. The fourth-order valence-corrected chi connectivity index (χ4v) is 4.24. The molecule has 1 fully saturated rings. The highest BCUT2D eigenvalue weighted by Crippen LogP contribution is 2.29. The van der Waals surface area contributed by atoms with E-state index in [4.69, 9.17) is 20.9 Å². The first-order valence-electron chi connectivity index (χ1n) is 11.1. The van der Waals surface area contributed by atoms with E-state index in [1.54, 1.807) is 38.1 Å². The summed E-state index contributed by atoms with van der Waals surface area (Å²) in [5, 5.41) is 4.74. The van der Waals surface area contributed by atoms with Gasteiger partial charge in [-0.05, 0) is 51.0 Å². The molecule has 1 aromatic heterocycles. The van der Waals surface area contributed by atoms with Crippen LogP contribution in [0.2, 0.25) is 5.02 Å². The minimum atomic E-state index is -1.06. The molecule has 168 valence electrons. The van der Waals surface area contributed by atoms with Crippen molar-refractivity contribution in [3.63, 3.8) is 0 Å². The van der Waals surface area contributed by atoms with Crippen molar-refractivity contribution in [2.24, 2.45) is 0 Å². The van der Waals surface area contributed by atoms with Crippen LogP contribution in [-0.2, 0) is 11.3 Å². The summed E-state index contributed by atoms with van der Waals surface area (Å²) in [6.45, 7) is 3.85. The van der Waals surface area contributed by atoms with Gasteiger partial charge in [-0.15, -0.1) is 0 Å². The summed E-state index contributed by atoms with van der Waals surface area (Å²) in [7, 11) is 0. The topological polar surface area (TPSA) is 68.5 Å². The van der Waals surface area contributed by atoms with Gasteiger partial charge in [-0.25, -0.2) is 0 Å². The maximum atomic E-state index is 13.7. The van der Waals surface area contributed by atoms with E-state index in [-0.39, 0.29) is 18.5 Å². The number of rotatable bonds is 7. The molecule has 1 aliphatic carbocycles. The molecule has 0 radical (unpaired) electrons. The highest BCUT2D eigenvalue weighted by molar-refractivity contribution is 6.30. The van der Waals surface area contributed by atoms with E-state index in [0.717, 1.165) is 31.2 Å². The number of carbonyl (C=O) groups is 1. The van der Waals surface area contributed by atoms with Crippen molar-refractivity contribution in [2.45, 2.75) is 64.1 Å². The minimum Gasteiger partial charge on any atom is -0.478 e. The van der Waals surface area contributed by atoms with Gasteiger partial charge < -0.3 is 14.2 Å². The second kappa shape index (κ2) is 9.74. The van der Waals surface area contributed by atoms with Crippen LogP contribution < -0.4 is 4.74 Å². The number of hydrogen-bond donors (Lipinski definition) is 0. The van der Waals surface area contributed by atoms with Crippen molar-refractivity contribution >= 4 is 17.5 Å². The second-order valence-corrected chi connectivity index (χ2v) is 9.11. The Morgan fingerprint density at radius 1 is 1.09 bits per heavy atom. The average Bonchev–Trinajstić information content (AvgIpc) is 3.28. The summed E-state index contributed by atoms with van der Waals surface area (Å²) in [6.07, 6.45) is 5.32. The van der Waals surface area contributed by atoms with Gasteiger partial charge in [0.1, 0.15) is 12.3 Å². The highest BCUT2D eigenvalue weighted by atomic mass is 35.5. The molecule has 3 aromatic rings. The van der Waals surface area contributed by atoms with Crippen LogP contribution in [0.1, 0.15) is 51.8 Å². The van der Waals surface area contributed by atoms with Crippen molar-refractivity contribution in [3.8, 4) is 17.1 Å². The molecule has 1 saturated carbocycles. The highest BCUT2D eigenvalue weighted by Gasteiger charge is 2.38. The van der Waals surface area contributed by atoms with E-state index in [0.29, 0.717) is 22.5 Å². The second-order valence-electron chi connectivity index (χ2n) is 8.67. The predicted octanol–water partition coefficient (Wildman–Crippen LogP) is 5.91. The lowest BCUT2D eigenvalue weighted by molar-refractivity contribution is -0.150. The van der Waals surface area contributed by atoms with E-state index in [9.17, 15) is 4.79 Å². The smallest absolute Gasteiger partial charge is 0.266 e. The summed E-state index contributed by atoms with van der Waals surface area (Å²) in [6, 6.07) is 16.8. The molecule has 32 heavy (non-hydrogen) atoms. The molecule has 6 nitrogen and oxygen atoms in total. The molecule has 1 amide bonds. The van der Waals surface area contributed by atoms with Crippen LogP contribution in [0.25, 0.3) is 11.4 Å². The van der Waals surface area contributed by atoms with Gasteiger partial charge >= 0.3 is 0 Å². The number of halogens is 1. The molecule has 1 aliphatic rings. The van der Waals surface area contributed by atoms with Gasteiger partial charge in [0.05, 0.1) is 0 Å². The van der Waals surface area contributed by atoms with Crippen molar-refractivity contribution < 1.29 is 14.1 Å². The van der Waals surface area contributed by atoms with Crippen molar-refractivity contribution in [1.29, 1.82) is 0 Å². The number of aromatic nitrogens is 2. The first kappa shape index (κ1) is 22.3. The standard InChI is InChI=1S/C25H28ClN3O3/c1-25(2,31-21-15-13-19(26)14-16-21)24(30)29(20-11-7-4-8-12-20)17-22-27-23(28-32-22)18-9-5-3-6-10-18/h3,5-6,9-10,13-16,20H,4,7-8,11-12,17H2,1-2H3. The Balaban J connectivity index is 1.55. The number of amides is 1. The minimum absolute atomic E-state index is 0.0983. The van der Waals surface area contributed by atoms with Crippen LogP contribution in [0, 0.1) is 0 Å². The molecule has 0 spiro atoms.